The van der Waals surface area contributed by atoms with E-state index < -0.39 is 0 Å². The number of aryl methyl sites for hydroxylation is 1. The Hall–Kier alpha value is -0.600. The SMILES string of the molecule is Cc1cccc(C(Br)c2ccc(C(C)(C)C)s2)c1C. The first-order valence-corrected chi connectivity index (χ1v) is 8.34. The van der Waals surface area contributed by atoms with Crippen LogP contribution in [0.4, 0.5) is 0 Å². The Morgan fingerprint density at radius 2 is 1.74 bits per heavy atom. The number of thiophene rings is 1. The van der Waals surface area contributed by atoms with Crippen molar-refractivity contribution in [3.05, 3.63) is 56.8 Å². The average Bonchev–Trinajstić information content (AvgIpc) is 2.81. The molecule has 0 fully saturated rings. The molecule has 0 bridgehead atoms. The largest absolute Gasteiger partial charge is 0.143 e. The first-order valence-electron chi connectivity index (χ1n) is 6.61. The van der Waals surface area contributed by atoms with E-state index in [2.05, 4.69) is 80.9 Å². The molecule has 1 aromatic heterocycles. The predicted octanol–water partition coefficient (Wildman–Crippen LogP) is 6.15. The molecule has 0 aliphatic rings. The van der Waals surface area contributed by atoms with Crippen LogP contribution in [0.1, 0.15) is 52.0 Å². The van der Waals surface area contributed by atoms with Crippen LogP contribution in [0.3, 0.4) is 0 Å². The van der Waals surface area contributed by atoms with Crippen molar-refractivity contribution in [3.63, 3.8) is 0 Å². The van der Waals surface area contributed by atoms with Crippen LogP contribution in [-0.2, 0) is 5.41 Å². The zero-order valence-electron chi connectivity index (χ0n) is 12.3. The normalized spacial score (nSPS) is 13.6. The smallest absolute Gasteiger partial charge is 0.0740 e. The number of halogens is 1. The van der Waals surface area contributed by atoms with Gasteiger partial charge in [-0.05, 0) is 48.1 Å². The van der Waals surface area contributed by atoms with Crippen molar-refractivity contribution in [1.82, 2.24) is 0 Å². The van der Waals surface area contributed by atoms with E-state index in [0.717, 1.165) is 0 Å². The van der Waals surface area contributed by atoms with Crippen molar-refractivity contribution in [2.45, 2.75) is 44.9 Å². The van der Waals surface area contributed by atoms with Gasteiger partial charge in [0.25, 0.3) is 0 Å². The Bertz CT molecular complexity index is 575. The van der Waals surface area contributed by atoms with Crippen LogP contribution in [0.5, 0.6) is 0 Å². The van der Waals surface area contributed by atoms with Crippen molar-refractivity contribution in [2.75, 3.05) is 0 Å². The molecule has 1 heterocycles. The van der Waals surface area contributed by atoms with Crippen LogP contribution < -0.4 is 0 Å². The molecule has 0 amide bonds. The minimum atomic E-state index is 0.233. The fourth-order valence-electron chi connectivity index (χ4n) is 2.09. The number of benzene rings is 1. The molecule has 0 saturated carbocycles. The third-order valence-electron chi connectivity index (χ3n) is 3.54. The van der Waals surface area contributed by atoms with Crippen LogP contribution in [0.25, 0.3) is 0 Å². The van der Waals surface area contributed by atoms with Gasteiger partial charge in [-0.2, -0.15) is 0 Å². The fourth-order valence-corrected chi connectivity index (χ4v) is 4.09. The van der Waals surface area contributed by atoms with E-state index in [1.807, 2.05) is 11.3 Å². The summed E-state index contributed by atoms with van der Waals surface area (Å²) in [7, 11) is 0. The zero-order valence-corrected chi connectivity index (χ0v) is 14.7. The summed E-state index contributed by atoms with van der Waals surface area (Å²) in [5, 5.41) is 0. The lowest BCUT2D eigenvalue weighted by molar-refractivity contribution is 0.604. The van der Waals surface area contributed by atoms with E-state index in [9.17, 15) is 0 Å². The van der Waals surface area contributed by atoms with E-state index in [1.165, 1.54) is 26.4 Å². The number of alkyl halides is 1. The van der Waals surface area contributed by atoms with E-state index >= 15 is 0 Å². The summed E-state index contributed by atoms with van der Waals surface area (Å²) in [6.07, 6.45) is 0. The summed E-state index contributed by atoms with van der Waals surface area (Å²) in [5.74, 6) is 0. The molecular weight excluding hydrogens is 316 g/mol. The van der Waals surface area contributed by atoms with Crippen LogP contribution in [0.15, 0.2) is 30.3 Å². The third-order valence-corrected chi connectivity index (χ3v) is 6.40. The van der Waals surface area contributed by atoms with Gasteiger partial charge in [-0.15, -0.1) is 11.3 Å². The summed E-state index contributed by atoms with van der Waals surface area (Å²) < 4.78 is 0. The van der Waals surface area contributed by atoms with Gasteiger partial charge in [0, 0.05) is 9.75 Å². The lowest BCUT2D eigenvalue weighted by atomic mass is 9.95. The molecule has 19 heavy (non-hydrogen) atoms. The van der Waals surface area contributed by atoms with Gasteiger partial charge in [0.05, 0.1) is 4.83 Å². The van der Waals surface area contributed by atoms with Gasteiger partial charge >= 0.3 is 0 Å². The van der Waals surface area contributed by atoms with Gasteiger partial charge in [0.1, 0.15) is 0 Å². The Morgan fingerprint density at radius 1 is 1.05 bits per heavy atom. The molecule has 0 aliphatic carbocycles. The maximum absolute atomic E-state index is 3.87. The van der Waals surface area contributed by atoms with Gasteiger partial charge < -0.3 is 0 Å². The first-order chi connectivity index (χ1) is 8.80. The van der Waals surface area contributed by atoms with E-state index in [1.54, 1.807) is 0 Å². The highest BCUT2D eigenvalue weighted by molar-refractivity contribution is 9.09. The Kier molecular flexibility index (Phi) is 4.22. The second-order valence-electron chi connectivity index (χ2n) is 6.10. The van der Waals surface area contributed by atoms with E-state index in [4.69, 9.17) is 0 Å². The van der Waals surface area contributed by atoms with Gasteiger partial charge in [-0.1, -0.05) is 54.9 Å². The monoisotopic (exact) mass is 336 g/mol. The molecule has 0 radical (unpaired) electrons. The summed E-state index contributed by atoms with van der Waals surface area (Å²) in [4.78, 5) is 3.13. The highest BCUT2D eigenvalue weighted by atomic mass is 79.9. The molecule has 0 saturated heterocycles. The summed E-state index contributed by atoms with van der Waals surface area (Å²) in [5.41, 5.74) is 4.35. The first kappa shape index (κ1) is 14.8. The Labute approximate surface area is 129 Å². The highest BCUT2D eigenvalue weighted by Gasteiger charge is 2.20. The quantitative estimate of drug-likeness (QED) is 0.577. The predicted molar refractivity (Wildman–Crippen MR) is 89.7 cm³/mol. The van der Waals surface area contributed by atoms with Crippen molar-refractivity contribution >= 4 is 27.3 Å². The van der Waals surface area contributed by atoms with Gasteiger partial charge in [0.15, 0.2) is 0 Å². The van der Waals surface area contributed by atoms with Crippen molar-refractivity contribution < 1.29 is 0 Å². The second kappa shape index (κ2) is 5.41. The number of hydrogen-bond acceptors (Lipinski definition) is 1. The highest BCUT2D eigenvalue weighted by Crippen LogP contribution is 2.40. The average molecular weight is 337 g/mol. The third kappa shape index (κ3) is 3.11. The summed E-state index contributed by atoms with van der Waals surface area (Å²) in [6, 6.07) is 11.1. The molecule has 0 N–H and O–H groups in total. The van der Waals surface area contributed by atoms with Crippen molar-refractivity contribution in [3.8, 4) is 0 Å². The minimum absolute atomic E-state index is 0.233. The molecule has 1 aromatic carbocycles. The van der Waals surface area contributed by atoms with Gasteiger partial charge in [-0.25, -0.2) is 0 Å². The Balaban J connectivity index is 2.37. The molecule has 1 atom stereocenters. The molecule has 0 spiro atoms. The maximum atomic E-state index is 3.87. The van der Waals surface area contributed by atoms with Crippen molar-refractivity contribution in [2.24, 2.45) is 0 Å². The molecule has 0 aliphatic heterocycles. The molecule has 0 nitrogen and oxygen atoms in total. The van der Waals surface area contributed by atoms with E-state index in [0.29, 0.717) is 4.83 Å². The fraction of sp³-hybridized carbons (Fsp3) is 0.412. The molecule has 1 unspecified atom stereocenters. The molecular formula is C17H21BrS. The maximum Gasteiger partial charge on any atom is 0.0740 e. The Morgan fingerprint density at radius 3 is 2.32 bits per heavy atom. The molecule has 2 rings (SSSR count). The minimum Gasteiger partial charge on any atom is -0.143 e. The molecule has 2 aromatic rings. The standard InChI is InChI=1S/C17H21BrS/c1-11-7-6-8-13(12(11)2)16(18)14-9-10-15(19-14)17(3,4)5/h6-10,16H,1-5H3. The van der Waals surface area contributed by atoms with Crippen LogP contribution >= 0.6 is 27.3 Å². The number of rotatable bonds is 2. The van der Waals surface area contributed by atoms with Crippen LogP contribution in [0, 0.1) is 13.8 Å². The molecule has 102 valence electrons. The zero-order chi connectivity index (χ0) is 14.2. The van der Waals surface area contributed by atoms with E-state index in [-0.39, 0.29) is 5.41 Å². The lowest BCUT2D eigenvalue weighted by Gasteiger charge is -2.16. The van der Waals surface area contributed by atoms with Crippen LogP contribution in [-0.4, -0.2) is 0 Å². The number of hydrogen-bond donors (Lipinski definition) is 0. The lowest BCUT2D eigenvalue weighted by Crippen LogP contribution is -2.07. The second-order valence-corrected chi connectivity index (χ2v) is 8.13. The van der Waals surface area contributed by atoms with Gasteiger partial charge in [-0.3, -0.25) is 0 Å². The topological polar surface area (TPSA) is 0 Å². The summed E-state index contributed by atoms with van der Waals surface area (Å²) >= 11 is 5.78. The summed E-state index contributed by atoms with van der Waals surface area (Å²) in [6.45, 7) is 11.2. The van der Waals surface area contributed by atoms with Gasteiger partial charge in [0.2, 0.25) is 0 Å². The van der Waals surface area contributed by atoms with Crippen LogP contribution in [0.2, 0.25) is 0 Å². The molecule has 2 heteroatoms. The van der Waals surface area contributed by atoms with Crippen molar-refractivity contribution in [1.29, 1.82) is 0 Å².